The van der Waals surface area contributed by atoms with Gasteiger partial charge in [-0.2, -0.15) is 0 Å². The molecule has 2 aromatic rings. The van der Waals surface area contributed by atoms with Crippen molar-refractivity contribution in [1.82, 2.24) is 4.98 Å². The van der Waals surface area contributed by atoms with Gasteiger partial charge in [-0.1, -0.05) is 36.4 Å². The van der Waals surface area contributed by atoms with Gasteiger partial charge in [0.05, 0.1) is 13.2 Å². The first-order valence-electron chi connectivity index (χ1n) is 8.41. The third kappa shape index (κ3) is 4.56. The Morgan fingerprint density at radius 3 is 2.79 bits per heavy atom. The topological polar surface area (TPSA) is 34.2 Å². The normalized spacial score (nSPS) is 18.5. The van der Waals surface area contributed by atoms with E-state index in [-0.39, 0.29) is 5.92 Å². The summed E-state index contributed by atoms with van der Waals surface area (Å²) in [5, 5.41) is 3.37. The van der Waals surface area contributed by atoms with Crippen molar-refractivity contribution in [2.45, 2.75) is 26.4 Å². The van der Waals surface area contributed by atoms with Crippen molar-refractivity contribution >= 4 is 5.82 Å². The van der Waals surface area contributed by atoms with Crippen molar-refractivity contribution < 1.29 is 4.74 Å². The first kappa shape index (κ1) is 16.5. The maximum atomic E-state index is 5.89. The van der Waals surface area contributed by atoms with Gasteiger partial charge in [0.25, 0.3) is 0 Å². The lowest BCUT2D eigenvalue weighted by Gasteiger charge is -2.12. The van der Waals surface area contributed by atoms with E-state index >= 15 is 0 Å². The number of hydrogen-bond acceptors (Lipinski definition) is 3. The number of benzene rings is 1. The minimum absolute atomic E-state index is 0.175. The molecule has 0 saturated carbocycles. The zero-order chi connectivity index (χ0) is 16.8. The van der Waals surface area contributed by atoms with Crippen molar-refractivity contribution in [3.63, 3.8) is 0 Å². The predicted molar refractivity (Wildman–Crippen MR) is 98.8 cm³/mol. The van der Waals surface area contributed by atoms with E-state index in [1.54, 1.807) is 0 Å². The molecular formula is C21H24N2O. The standard InChI is InChI=1S/C21H24N2O/c1-3-17-11-16(2)23-21-13-19(9-10-22-21)8-7-18-5-4-6-20(12-18)15-24-14-17/h3-6,9-13,17H,1,7-8,14-15H2,2H3,(H,22,23). The van der Waals surface area contributed by atoms with Gasteiger partial charge in [0.1, 0.15) is 5.82 Å². The smallest absolute Gasteiger partial charge is 0.130 e. The summed E-state index contributed by atoms with van der Waals surface area (Å²) in [6.45, 7) is 7.22. The average Bonchev–Trinajstić information content (AvgIpc) is 2.59. The second kappa shape index (κ2) is 7.93. The van der Waals surface area contributed by atoms with Gasteiger partial charge >= 0.3 is 0 Å². The number of fused-ring (bicyclic) bond motifs is 4. The van der Waals surface area contributed by atoms with Crippen LogP contribution in [-0.4, -0.2) is 11.6 Å². The second-order valence-electron chi connectivity index (χ2n) is 6.26. The molecule has 0 saturated heterocycles. The number of aromatic nitrogens is 1. The number of ether oxygens (including phenoxy) is 1. The van der Waals surface area contributed by atoms with Crippen LogP contribution in [0.25, 0.3) is 0 Å². The first-order chi connectivity index (χ1) is 11.7. The molecule has 24 heavy (non-hydrogen) atoms. The van der Waals surface area contributed by atoms with Gasteiger partial charge in [-0.25, -0.2) is 4.98 Å². The Bertz CT molecular complexity index is 736. The van der Waals surface area contributed by atoms with Crippen LogP contribution < -0.4 is 5.32 Å². The molecule has 4 bridgehead atoms. The summed E-state index contributed by atoms with van der Waals surface area (Å²) in [6.07, 6.45) is 7.94. The van der Waals surface area contributed by atoms with E-state index in [0.29, 0.717) is 13.2 Å². The summed E-state index contributed by atoms with van der Waals surface area (Å²) in [6, 6.07) is 12.9. The fraction of sp³-hybridized carbons (Fsp3) is 0.286. The highest BCUT2D eigenvalue weighted by Crippen LogP contribution is 2.16. The van der Waals surface area contributed by atoms with Crippen LogP contribution in [0.2, 0.25) is 0 Å². The molecule has 1 unspecified atom stereocenters. The summed E-state index contributed by atoms with van der Waals surface area (Å²) < 4.78 is 5.89. The molecule has 1 aliphatic heterocycles. The third-order valence-corrected chi connectivity index (χ3v) is 4.19. The Labute approximate surface area is 144 Å². The number of pyridine rings is 1. The number of anilines is 1. The summed E-state index contributed by atoms with van der Waals surface area (Å²) in [5.74, 6) is 1.06. The molecule has 1 aliphatic rings. The Morgan fingerprint density at radius 2 is 1.96 bits per heavy atom. The predicted octanol–water partition coefficient (Wildman–Crippen LogP) is 4.51. The Hall–Kier alpha value is -2.39. The number of hydrogen-bond donors (Lipinski definition) is 1. The molecule has 0 fully saturated rings. The molecule has 0 radical (unpaired) electrons. The van der Waals surface area contributed by atoms with E-state index in [9.17, 15) is 0 Å². The lowest BCUT2D eigenvalue weighted by molar-refractivity contribution is 0.110. The van der Waals surface area contributed by atoms with Crippen molar-refractivity contribution in [2.75, 3.05) is 11.9 Å². The molecule has 1 atom stereocenters. The van der Waals surface area contributed by atoms with Crippen LogP contribution in [0.3, 0.4) is 0 Å². The van der Waals surface area contributed by atoms with E-state index < -0.39 is 0 Å². The van der Waals surface area contributed by atoms with Crippen LogP contribution >= 0.6 is 0 Å². The summed E-state index contributed by atoms with van der Waals surface area (Å²) in [7, 11) is 0. The first-order valence-corrected chi connectivity index (χ1v) is 8.41. The van der Waals surface area contributed by atoms with Crippen molar-refractivity contribution in [1.29, 1.82) is 0 Å². The van der Waals surface area contributed by atoms with Gasteiger partial charge in [-0.05, 0) is 48.6 Å². The van der Waals surface area contributed by atoms with Gasteiger partial charge in [0, 0.05) is 17.8 Å². The molecule has 2 heterocycles. The molecule has 3 nitrogen and oxygen atoms in total. The van der Waals surface area contributed by atoms with E-state index in [2.05, 4.69) is 59.4 Å². The number of rotatable bonds is 1. The van der Waals surface area contributed by atoms with Gasteiger partial charge in [-0.15, -0.1) is 6.58 Å². The molecule has 0 aliphatic carbocycles. The molecule has 3 heteroatoms. The molecule has 1 N–H and O–H groups in total. The number of nitrogens with zero attached hydrogens (tertiary/aromatic N) is 1. The van der Waals surface area contributed by atoms with Gasteiger partial charge < -0.3 is 10.1 Å². The maximum Gasteiger partial charge on any atom is 0.130 e. The largest absolute Gasteiger partial charge is 0.376 e. The Kier molecular flexibility index (Phi) is 5.44. The van der Waals surface area contributed by atoms with Crippen molar-refractivity contribution in [3.05, 3.63) is 83.7 Å². The monoisotopic (exact) mass is 320 g/mol. The fourth-order valence-electron chi connectivity index (χ4n) is 2.92. The molecule has 1 aromatic carbocycles. The summed E-state index contributed by atoms with van der Waals surface area (Å²) in [5.41, 5.74) is 4.91. The highest BCUT2D eigenvalue weighted by atomic mass is 16.5. The molecule has 1 aromatic heterocycles. The second-order valence-corrected chi connectivity index (χ2v) is 6.26. The SMILES string of the molecule is C=CC1C=C(C)Nc2cc(ccn2)CCc2cccc(c2)COC1. The lowest BCUT2D eigenvalue weighted by atomic mass is 10.0. The van der Waals surface area contributed by atoms with Crippen LogP contribution in [0.4, 0.5) is 5.82 Å². The van der Waals surface area contributed by atoms with Crippen molar-refractivity contribution in [2.24, 2.45) is 5.92 Å². The molecular weight excluding hydrogens is 296 g/mol. The van der Waals surface area contributed by atoms with Gasteiger partial charge in [0.2, 0.25) is 0 Å². The van der Waals surface area contributed by atoms with Gasteiger partial charge in [0.15, 0.2) is 0 Å². The van der Waals surface area contributed by atoms with Crippen LogP contribution in [0.15, 0.2) is 67.0 Å². The van der Waals surface area contributed by atoms with Crippen molar-refractivity contribution in [3.8, 4) is 0 Å². The molecule has 3 rings (SSSR count). The Morgan fingerprint density at radius 1 is 1.17 bits per heavy atom. The summed E-state index contributed by atoms with van der Waals surface area (Å²) >= 11 is 0. The number of allylic oxidation sites excluding steroid dienone is 1. The summed E-state index contributed by atoms with van der Waals surface area (Å²) in [4.78, 5) is 4.41. The minimum Gasteiger partial charge on any atom is -0.376 e. The zero-order valence-corrected chi connectivity index (χ0v) is 14.2. The highest BCUT2D eigenvalue weighted by Gasteiger charge is 2.06. The molecule has 0 spiro atoms. The number of aryl methyl sites for hydroxylation is 2. The molecule has 124 valence electrons. The van der Waals surface area contributed by atoms with Crippen LogP contribution in [0.1, 0.15) is 23.6 Å². The Balaban J connectivity index is 1.89. The van der Waals surface area contributed by atoms with E-state index in [1.807, 2.05) is 19.2 Å². The van der Waals surface area contributed by atoms with E-state index in [4.69, 9.17) is 4.74 Å². The van der Waals surface area contributed by atoms with E-state index in [0.717, 1.165) is 24.4 Å². The minimum atomic E-state index is 0.175. The van der Waals surface area contributed by atoms with Crippen LogP contribution in [-0.2, 0) is 24.2 Å². The highest BCUT2D eigenvalue weighted by molar-refractivity contribution is 5.43. The third-order valence-electron chi connectivity index (χ3n) is 4.19. The lowest BCUT2D eigenvalue weighted by Crippen LogP contribution is -2.07. The quantitative estimate of drug-likeness (QED) is 0.785. The maximum absolute atomic E-state index is 5.89. The molecule has 0 amide bonds. The van der Waals surface area contributed by atoms with Gasteiger partial charge in [-0.3, -0.25) is 0 Å². The number of nitrogens with one attached hydrogen (secondary N) is 1. The van der Waals surface area contributed by atoms with Crippen LogP contribution in [0, 0.1) is 5.92 Å². The fourth-order valence-corrected chi connectivity index (χ4v) is 2.92. The van der Waals surface area contributed by atoms with Crippen LogP contribution in [0.5, 0.6) is 0 Å². The zero-order valence-electron chi connectivity index (χ0n) is 14.2. The average molecular weight is 320 g/mol. The van der Waals surface area contributed by atoms with E-state index in [1.165, 1.54) is 16.7 Å².